The summed E-state index contributed by atoms with van der Waals surface area (Å²) < 4.78 is 9.90. The van der Waals surface area contributed by atoms with Gasteiger partial charge in [-0.1, -0.05) is 12.1 Å². The Morgan fingerprint density at radius 2 is 1.95 bits per heavy atom. The molecular formula is C15H19N3OS. The van der Waals surface area contributed by atoms with E-state index < -0.39 is 0 Å². The second-order valence-corrected chi connectivity index (χ2v) is 5.89. The number of anilines is 1. The van der Waals surface area contributed by atoms with E-state index in [0.29, 0.717) is 0 Å². The molecule has 5 heteroatoms. The van der Waals surface area contributed by atoms with Crippen LogP contribution in [0.15, 0.2) is 30.3 Å². The minimum atomic E-state index is 0.788. The molecule has 1 aromatic heterocycles. The molecule has 1 aliphatic rings. The molecule has 0 aliphatic carbocycles. The zero-order chi connectivity index (χ0) is 13.8. The SMILES string of the molecule is Nc1ccc(-c2cc(CCN3CCOCC3)sn2)cc1. The molecule has 3 rings (SSSR count). The third kappa shape index (κ3) is 3.36. The van der Waals surface area contributed by atoms with Crippen molar-refractivity contribution >= 4 is 17.2 Å². The fourth-order valence-corrected chi connectivity index (χ4v) is 3.03. The highest BCUT2D eigenvalue weighted by Crippen LogP contribution is 2.23. The van der Waals surface area contributed by atoms with Crippen molar-refractivity contribution in [1.82, 2.24) is 9.27 Å². The van der Waals surface area contributed by atoms with Gasteiger partial charge in [-0.3, -0.25) is 4.90 Å². The number of hydrogen-bond donors (Lipinski definition) is 1. The molecule has 0 amide bonds. The Balaban J connectivity index is 1.60. The average molecular weight is 289 g/mol. The van der Waals surface area contributed by atoms with E-state index >= 15 is 0 Å². The van der Waals surface area contributed by atoms with Crippen molar-refractivity contribution in [3.63, 3.8) is 0 Å². The molecule has 0 bridgehead atoms. The molecule has 1 saturated heterocycles. The van der Waals surface area contributed by atoms with Crippen LogP contribution in [-0.2, 0) is 11.2 Å². The number of hydrogen-bond acceptors (Lipinski definition) is 5. The molecule has 1 aliphatic heterocycles. The molecule has 0 unspecified atom stereocenters. The van der Waals surface area contributed by atoms with Crippen LogP contribution in [0.5, 0.6) is 0 Å². The number of rotatable bonds is 4. The summed E-state index contributed by atoms with van der Waals surface area (Å²) in [6, 6.07) is 10.1. The Kier molecular flexibility index (Phi) is 4.30. The summed E-state index contributed by atoms with van der Waals surface area (Å²) in [5, 5.41) is 0. The van der Waals surface area contributed by atoms with Gasteiger partial charge in [-0.05, 0) is 36.2 Å². The Morgan fingerprint density at radius 1 is 1.20 bits per heavy atom. The fraction of sp³-hybridized carbons (Fsp3) is 0.400. The lowest BCUT2D eigenvalue weighted by molar-refractivity contribution is 0.0385. The van der Waals surface area contributed by atoms with Gasteiger partial charge in [0.15, 0.2) is 0 Å². The molecule has 2 heterocycles. The standard InChI is InChI=1S/C15H19N3OS/c16-13-3-1-12(2-4-13)15-11-14(20-17-15)5-6-18-7-9-19-10-8-18/h1-4,11H,5-10,16H2. The number of aromatic nitrogens is 1. The smallest absolute Gasteiger partial charge is 0.0843 e. The van der Waals surface area contributed by atoms with Crippen molar-refractivity contribution in [3.8, 4) is 11.3 Å². The molecule has 0 spiro atoms. The first kappa shape index (κ1) is 13.5. The maximum Gasteiger partial charge on any atom is 0.0843 e. The topological polar surface area (TPSA) is 51.4 Å². The van der Waals surface area contributed by atoms with Gasteiger partial charge < -0.3 is 10.5 Å². The molecule has 1 aromatic carbocycles. The number of morpholine rings is 1. The number of nitrogen functional groups attached to an aromatic ring is 1. The largest absolute Gasteiger partial charge is 0.399 e. The van der Waals surface area contributed by atoms with E-state index in [0.717, 1.165) is 56.2 Å². The van der Waals surface area contributed by atoms with E-state index in [1.165, 1.54) is 4.88 Å². The van der Waals surface area contributed by atoms with Gasteiger partial charge in [-0.25, -0.2) is 0 Å². The van der Waals surface area contributed by atoms with E-state index in [4.69, 9.17) is 10.5 Å². The molecule has 0 saturated carbocycles. The Bertz CT molecular complexity index is 547. The lowest BCUT2D eigenvalue weighted by atomic mass is 10.1. The van der Waals surface area contributed by atoms with Gasteiger partial charge in [0.2, 0.25) is 0 Å². The van der Waals surface area contributed by atoms with Crippen LogP contribution in [0.4, 0.5) is 5.69 Å². The zero-order valence-electron chi connectivity index (χ0n) is 11.4. The van der Waals surface area contributed by atoms with Crippen molar-refractivity contribution in [2.45, 2.75) is 6.42 Å². The van der Waals surface area contributed by atoms with E-state index in [-0.39, 0.29) is 0 Å². The van der Waals surface area contributed by atoms with Crippen LogP contribution in [0.2, 0.25) is 0 Å². The molecule has 0 atom stereocenters. The van der Waals surface area contributed by atoms with Crippen molar-refractivity contribution < 1.29 is 4.74 Å². The molecule has 2 aromatic rings. The minimum Gasteiger partial charge on any atom is -0.399 e. The number of nitrogens with zero attached hydrogens (tertiary/aromatic N) is 2. The van der Waals surface area contributed by atoms with E-state index in [1.54, 1.807) is 11.5 Å². The van der Waals surface area contributed by atoms with Gasteiger partial charge in [-0.15, -0.1) is 0 Å². The lowest BCUT2D eigenvalue weighted by Crippen LogP contribution is -2.37. The minimum absolute atomic E-state index is 0.788. The number of ether oxygens (including phenoxy) is 1. The van der Waals surface area contributed by atoms with Gasteiger partial charge in [0, 0.05) is 35.8 Å². The predicted molar refractivity (Wildman–Crippen MR) is 82.9 cm³/mol. The summed E-state index contributed by atoms with van der Waals surface area (Å²) in [7, 11) is 0. The third-order valence-corrected chi connectivity index (χ3v) is 4.39. The van der Waals surface area contributed by atoms with Crippen LogP contribution in [0.1, 0.15) is 4.88 Å². The molecular weight excluding hydrogens is 270 g/mol. The Morgan fingerprint density at radius 3 is 2.70 bits per heavy atom. The number of benzene rings is 1. The summed E-state index contributed by atoms with van der Waals surface area (Å²) in [6.07, 6.45) is 1.06. The van der Waals surface area contributed by atoms with Crippen molar-refractivity contribution in [1.29, 1.82) is 0 Å². The predicted octanol–water partition coefficient (Wildman–Crippen LogP) is 2.27. The van der Waals surface area contributed by atoms with Gasteiger partial charge in [0.05, 0.1) is 18.9 Å². The first-order valence-corrected chi connectivity index (χ1v) is 7.70. The second-order valence-electron chi connectivity index (χ2n) is 5.00. The van der Waals surface area contributed by atoms with E-state index in [1.807, 2.05) is 24.3 Å². The molecule has 2 N–H and O–H groups in total. The summed E-state index contributed by atoms with van der Waals surface area (Å²) in [4.78, 5) is 3.79. The first-order chi connectivity index (χ1) is 9.81. The van der Waals surface area contributed by atoms with Crippen LogP contribution in [0.25, 0.3) is 11.3 Å². The Hall–Kier alpha value is -1.43. The quantitative estimate of drug-likeness (QED) is 0.877. The summed E-state index contributed by atoms with van der Waals surface area (Å²) >= 11 is 1.60. The second kappa shape index (κ2) is 6.35. The zero-order valence-corrected chi connectivity index (χ0v) is 12.2. The van der Waals surface area contributed by atoms with Crippen molar-refractivity contribution in [2.24, 2.45) is 0 Å². The summed E-state index contributed by atoms with van der Waals surface area (Å²) in [5.41, 5.74) is 8.68. The van der Waals surface area contributed by atoms with Gasteiger partial charge in [0.1, 0.15) is 0 Å². The molecule has 106 valence electrons. The average Bonchev–Trinajstić information content (AvgIpc) is 2.96. The van der Waals surface area contributed by atoms with Crippen LogP contribution < -0.4 is 5.73 Å². The third-order valence-electron chi connectivity index (χ3n) is 3.54. The maximum absolute atomic E-state index is 5.71. The fourth-order valence-electron chi connectivity index (χ4n) is 2.31. The van der Waals surface area contributed by atoms with Gasteiger partial charge in [-0.2, -0.15) is 4.37 Å². The van der Waals surface area contributed by atoms with Crippen LogP contribution in [0, 0.1) is 0 Å². The normalized spacial score (nSPS) is 16.4. The summed E-state index contributed by atoms with van der Waals surface area (Å²) in [6.45, 7) is 4.90. The highest BCUT2D eigenvalue weighted by atomic mass is 32.1. The molecule has 4 nitrogen and oxygen atoms in total. The molecule has 20 heavy (non-hydrogen) atoms. The molecule has 1 fully saturated rings. The monoisotopic (exact) mass is 289 g/mol. The van der Waals surface area contributed by atoms with Gasteiger partial charge in [0.25, 0.3) is 0 Å². The number of nitrogens with two attached hydrogens (primary N) is 1. The van der Waals surface area contributed by atoms with Crippen LogP contribution in [0.3, 0.4) is 0 Å². The van der Waals surface area contributed by atoms with E-state index in [9.17, 15) is 0 Å². The van der Waals surface area contributed by atoms with Crippen LogP contribution >= 0.6 is 11.5 Å². The lowest BCUT2D eigenvalue weighted by Gasteiger charge is -2.26. The van der Waals surface area contributed by atoms with Gasteiger partial charge >= 0.3 is 0 Å². The van der Waals surface area contributed by atoms with E-state index in [2.05, 4.69) is 15.3 Å². The van der Waals surface area contributed by atoms with Crippen molar-refractivity contribution in [2.75, 3.05) is 38.6 Å². The van der Waals surface area contributed by atoms with Crippen LogP contribution in [-0.4, -0.2) is 42.1 Å². The van der Waals surface area contributed by atoms with Crippen molar-refractivity contribution in [3.05, 3.63) is 35.2 Å². The summed E-state index contributed by atoms with van der Waals surface area (Å²) in [5.74, 6) is 0. The highest BCUT2D eigenvalue weighted by Gasteiger charge is 2.11. The first-order valence-electron chi connectivity index (χ1n) is 6.93. The highest BCUT2D eigenvalue weighted by molar-refractivity contribution is 7.06. The molecule has 0 radical (unpaired) electrons. The maximum atomic E-state index is 5.71. The Labute approximate surface area is 123 Å².